The van der Waals surface area contributed by atoms with Gasteiger partial charge in [-0.3, -0.25) is 0 Å². The van der Waals surface area contributed by atoms with Crippen LogP contribution in [0.25, 0.3) is 0 Å². The molecule has 0 aromatic carbocycles. The van der Waals surface area contributed by atoms with E-state index in [1.54, 1.807) is 0 Å². The Labute approximate surface area is 145 Å². The first kappa shape index (κ1) is 21.0. The van der Waals surface area contributed by atoms with Crippen LogP contribution in [0.15, 0.2) is 0 Å². The lowest BCUT2D eigenvalue weighted by atomic mass is 9.70. The Morgan fingerprint density at radius 2 is 1.20 bits per heavy atom. The third-order valence-electron chi connectivity index (χ3n) is 4.33. The second kappa shape index (κ2) is 8.56. The summed E-state index contributed by atoms with van der Waals surface area (Å²) >= 11 is 8.03. The zero-order valence-electron chi connectivity index (χ0n) is 14.8. The smallest absolute Gasteiger partial charge is 0.0718 e. The predicted molar refractivity (Wildman–Crippen MR) is 101 cm³/mol. The summed E-state index contributed by atoms with van der Waals surface area (Å²) in [7, 11) is 0. The number of hydrogen-bond donors (Lipinski definition) is 0. The molecule has 20 heavy (non-hydrogen) atoms. The van der Waals surface area contributed by atoms with Gasteiger partial charge in [0, 0.05) is 0 Å². The lowest BCUT2D eigenvalue weighted by Crippen LogP contribution is -2.44. The van der Waals surface area contributed by atoms with Crippen LogP contribution in [0.4, 0.5) is 0 Å². The van der Waals surface area contributed by atoms with Gasteiger partial charge < -0.3 is 0 Å². The van der Waals surface area contributed by atoms with Crippen molar-refractivity contribution >= 4 is 31.9 Å². The average Bonchev–Trinajstić information content (AvgIpc) is 2.24. The molecule has 0 fully saturated rings. The maximum absolute atomic E-state index is 4.02. The van der Waals surface area contributed by atoms with Crippen molar-refractivity contribution in [2.75, 3.05) is 0 Å². The molecule has 0 rings (SSSR count). The summed E-state index contributed by atoms with van der Waals surface area (Å²) in [6.45, 7) is 16.3. The molecule has 0 aliphatic carbocycles. The van der Waals surface area contributed by atoms with E-state index in [1.807, 2.05) is 0 Å². The third kappa shape index (κ3) is 6.81. The number of rotatable bonds is 8. The Bertz CT molecular complexity index is 256. The molecule has 122 valence electrons. The maximum atomic E-state index is 4.02. The van der Waals surface area contributed by atoms with Gasteiger partial charge in [0.05, 0.1) is 3.23 Å². The molecule has 0 heterocycles. The van der Waals surface area contributed by atoms with E-state index in [-0.39, 0.29) is 8.65 Å². The van der Waals surface area contributed by atoms with Crippen LogP contribution in [-0.4, -0.2) is 3.23 Å². The van der Waals surface area contributed by atoms with Crippen LogP contribution in [0, 0.1) is 16.7 Å². The summed E-state index contributed by atoms with van der Waals surface area (Å²) in [6, 6.07) is 0. The van der Waals surface area contributed by atoms with Crippen molar-refractivity contribution in [3.63, 3.8) is 0 Å². The highest BCUT2D eigenvalue weighted by Crippen LogP contribution is 2.56. The van der Waals surface area contributed by atoms with Crippen molar-refractivity contribution in [2.24, 2.45) is 16.7 Å². The topological polar surface area (TPSA) is 0 Å². The van der Waals surface area contributed by atoms with Crippen LogP contribution in [0.2, 0.25) is 0 Å². The van der Waals surface area contributed by atoms with E-state index in [0.717, 1.165) is 0 Å². The average molecular weight is 412 g/mol. The summed E-state index contributed by atoms with van der Waals surface area (Å²) in [5.41, 5.74) is 0.511. The first-order chi connectivity index (χ1) is 8.94. The molecule has 0 aromatic rings. The summed E-state index contributed by atoms with van der Waals surface area (Å²) < 4.78 is 0.00860. The Morgan fingerprint density at radius 3 is 1.60 bits per heavy atom. The molecule has 0 aromatic heterocycles. The molecule has 0 radical (unpaired) electrons. The molecule has 0 spiro atoms. The van der Waals surface area contributed by atoms with Crippen LogP contribution in [-0.2, 0) is 0 Å². The Morgan fingerprint density at radius 1 is 0.750 bits per heavy atom. The Balaban J connectivity index is 4.54. The Kier molecular flexibility index (Phi) is 8.97. The molecule has 0 saturated heterocycles. The van der Waals surface area contributed by atoms with Crippen LogP contribution in [0.1, 0.15) is 93.4 Å². The predicted octanol–water partition coefficient (Wildman–Crippen LogP) is 7.93. The fourth-order valence-electron chi connectivity index (χ4n) is 2.81. The molecule has 2 heteroatoms. The van der Waals surface area contributed by atoms with Gasteiger partial charge in [0.2, 0.25) is 0 Å². The molecule has 0 bridgehead atoms. The van der Waals surface area contributed by atoms with Gasteiger partial charge in [-0.1, -0.05) is 119 Å². The van der Waals surface area contributed by atoms with Gasteiger partial charge >= 0.3 is 0 Å². The van der Waals surface area contributed by atoms with Crippen molar-refractivity contribution in [1.29, 1.82) is 0 Å². The lowest BCUT2D eigenvalue weighted by Gasteiger charge is -2.47. The van der Waals surface area contributed by atoms with E-state index in [4.69, 9.17) is 0 Å². The van der Waals surface area contributed by atoms with Crippen LogP contribution < -0.4 is 0 Å². The molecular weight excluding hydrogens is 376 g/mol. The second-order valence-corrected chi connectivity index (χ2v) is 11.9. The minimum absolute atomic E-state index is 0.00860. The van der Waals surface area contributed by atoms with Crippen molar-refractivity contribution in [1.82, 2.24) is 0 Å². The minimum Gasteiger partial charge on any atom is -0.0718 e. The summed E-state index contributed by atoms with van der Waals surface area (Å²) in [5, 5.41) is 0. The van der Waals surface area contributed by atoms with E-state index in [9.17, 15) is 0 Å². The zero-order chi connectivity index (χ0) is 16.0. The van der Waals surface area contributed by atoms with Crippen LogP contribution in [0.5, 0.6) is 0 Å². The molecule has 0 aliphatic heterocycles. The highest BCUT2D eigenvalue weighted by molar-refractivity contribution is 9.25. The van der Waals surface area contributed by atoms with Crippen molar-refractivity contribution in [3.05, 3.63) is 0 Å². The van der Waals surface area contributed by atoms with E-state index >= 15 is 0 Å². The number of unbranched alkanes of at least 4 members (excludes halogenated alkanes) is 5. The zero-order valence-corrected chi connectivity index (χ0v) is 18.0. The molecule has 0 N–H and O–H groups in total. The molecular formula is C18H36Br2. The lowest BCUT2D eigenvalue weighted by molar-refractivity contribution is 0.151. The van der Waals surface area contributed by atoms with Crippen LogP contribution >= 0.6 is 31.9 Å². The van der Waals surface area contributed by atoms with Gasteiger partial charge in [-0.25, -0.2) is 0 Å². The van der Waals surface area contributed by atoms with Gasteiger partial charge in [-0.15, -0.1) is 0 Å². The molecule has 0 nitrogen and oxygen atoms in total. The fourth-order valence-corrected chi connectivity index (χ4v) is 4.64. The first-order valence-corrected chi connectivity index (χ1v) is 9.91. The minimum atomic E-state index is 0.00860. The normalized spacial score (nSPS) is 15.4. The van der Waals surface area contributed by atoms with E-state index < -0.39 is 0 Å². The van der Waals surface area contributed by atoms with Crippen molar-refractivity contribution in [2.45, 2.75) is 96.6 Å². The van der Waals surface area contributed by atoms with Crippen molar-refractivity contribution in [3.8, 4) is 0 Å². The Hall–Kier alpha value is 0.960. The SMILES string of the molecule is CCCCCCCCC(C(C)(C)C)C(Br)(Br)C(C)(C)C. The monoisotopic (exact) mass is 410 g/mol. The largest absolute Gasteiger partial charge is 0.0886 e. The highest BCUT2D eigenvalue weighted by atomic mass is 79.9. The van der Waals surface area contributed by atoms with Crippen molar-refractivity contribution < 1.29 is 0 Å². The summed E-state index contributed by atoms with van der Waals surface area (Å²) in [5.74, 6) is 0.626. The molecule has 1 atom stereocenters. The molecule has 0 aliphatic rings. The quantitative estimate of drug-likeness (QED) is 0.281. The van der Waals surface area contributed by atoms with Gasteiger partial charge in [0.25, 0.3) is 0 Å². The standard InChI is InChI=1S/C18H36Br2/c1-8-9-10-11-12-13-14-15(16(2,3)4)18(19,20)17(5,6)7/h15H,8-14H2,1-7H3. The maximum Gasteiger partial charge on any atom is 0.0886 e. The van der Waals surface area contributed by atoms with Gasteiger partial charge in [-0.05, 0) is 23.2 Å². The third-order valence-corrected chi connectivity index (χ3v) is 7.81. The van der Waals surface area contributed by atoms with Gasteiger partial charge in [-0.2, -0.15) is 0 Å². The molecule has 0 saturated carbocycles. The highest BCUT2D eigenvalue weighted by Gasteiger charge is 2.48. The van der Waals surface area contributed by atoms with Gasteiger partial charge in [0.15, 0.2) is 0 Å². The first-order valence-electron chi connectivity index (χ1n) is 8.32. The molecule has 1 unspecified atom stereocenters. The van der Waals surface area contributed by atoms with Crippen LogP contribution in [0.3, 0.4) is 0 Å². The van der Waals surface area contributed by atoms with E-state index in [0.29, 0.717) is 11.3 Å². The number of hydrogen-bond acceptors (Lipinski definition) is 0. The number of halogens is 2. The van der Waals surface area contributed by atoms with Gasteiger partial charge in [0.1, 0.15) is 0 Å². The summed E-state index contributed by atoms with van der Waals surface area (Å²) in [6.07, 6.45) is 9.56. The van der Waals surface area contributed by atoms with E-state index in [1.165, 1.54) is 44.9 Å². The van der Waals surface area contributed by atoms with E-state index in [2.05, 4.69) is 80.3 Å². The fraction of sp³-hybridized carbons (Fsp3) is 1.00. The summed E-state index contributed by atoms with van der Waals surface area (Å²) in [4.78, 5) is 0. The number of alkyl halides is 2. The second-order valence-electron chi connectivity index (χ2n) is 8.35. The molecule has 0 amide bonds.